The molecule has 1 saturated carbocycles. The summed E-state index contributed by atoms with van der Waals surface area (Å²) in [5, 5.41) is 1.49. The van der Waals surface area contributed by atoms with Crippen LogP contribution in [0.3, 0.4) is 0 Å². The molecule has 1 fully saturated rings. The molecular weight excluding hydrogens is 996 g/mol. The summed E-state index contributed by atoms with van der Waals surface area (Å²) in [5.74, 6) is 0.539. The van der Waals surface area contributed by atoms with Crippen molar-refractivity contribution in [3.8, 4) is 0 Å². The molecule has 2 aliphatic heterocycles. The highest BCUT2D eigenvalue weighted by Crippen LogP contribution is 2.58. The molecule has 1 unspecified atom stereocenters. The highest BCUT2D eigenvalue weighted by atomic mass is 32.1. The minimum atomic E-state index is 0.0509. The molecule has 0 bridgehead atoms. The number of allylic oxidation sites excluding steroid dienone is 7. The van der Waals surface area contributed by atoms with Gasteiger partial charge < -0.3 is 9.80 Å². The number of fused-ring (bicyclic) bond motifs is 9. The van der Waals surface area contributed by atoms with Gasteiger partial charge in [0.2, 0.25) is 0 Å². The van der Waals surface area contributed by atoms with Gasteiger partial charge in [-0.2, -0.15) is 0 Å². The van der Waals surface area contributed by atoms with E-state index in [0.717, 1.165) is 25.7 Å². The van der Waals surface area contributed by atoms with Crippen LogP contribution in [0.2, 0.25) is 0 Å². The predicted octanol–water partition coefficient (Wildman–Crippen LogP) is 20.3. The van der Waals surface area contributed by atoms with Crippen LogP contribution < -0.4 is 25.5 Å². The maximum Gasteiger partial charge on any atom is 0.264 e. The Kier molecular flexibility index (Phi) is 12.1. The summed E-state index contributed by atoms with van der Waals surface area (Å²) in [7, 11) is 0. The summed E-state index contributed by atoms with van der Waals surface area (Å²) < 4.78 is 3.05. The first-order valence-electron chi connectivity index (χ1n) is 32.6. The van der Waals surface area contributed by atoms with Crippen molar-refractivity contribution in [1.82, 2.24) is 0 Å². The molecule has 1 aromatic heterocycles. The molecule has 0 spiro atoms. The van der Waals surface area contributed by atoms with Gasteiger partial charge in [-0.25, -0.2) is 0 Å². The van der Waals surface area contributed by atoms with E-state index in [9.17, 15) is 0 Å². The summed E-state index contributed by atoms with van der Waals surface area (Å²) in [6.07, 6.45) is 33.3. The molecule has 4 heteroatoms. The summed E-state index contributed by atoms with van der Waals surface area (Å²) >= 11 is 2.17. The average Bonchev–Trinajstić information content (AvgIpc) is 2.62. The van der Waals surface area contributed by atoms with Crippen molar-refractivity contribution < 1.29 is 0 Å². The van der Waals surface area contributed by atoms with Gasteiger partial charge >= 0.3 is 0 Å². The summed E-state index contributed by atoms with van der Waals surface area (Å²) in [4.78, 5) is 5.97. The Morgan fingerprint density at radius 2 is 1.05 bits per heavy atom. The molecule has 7 aliphatic carbocycles. The molecule has 0 saturated heterocycles. The summed E-state index contributed by atoms with van der Waals surface area (Å²) in [5.41, 5.74) is 28.5. The monoisotopic (exact) mass is 1090 g/mol. The second-order valence-electron chi connectivity index (χ2n) is 33.1. The van der Waals surface area contributed by atoms with Crippen LogP contribution in [0.4, 0.5) is 28.4 Å². The van der Waals surface area contributed by atoms with Crippen molar-refractivity contribution in [3.63, 3.8) is 0 Å². The minimum absolute atomic E-state index is 0.0509. The molecule has 0 N–H and O–H groups in total. The van der Waals surface area contributed by atoms with Crippen LogP contribution in [-0.4, -0.2) is 12.8 Å². The van der Waals surface area contributed by atoms with Crippen molar-refractivity contribution >= 4 is 77.8 Å². The van der Waals surface area contributed by atoms with E-state index in [2.05, 4.69) is 211 Å². The number of hydrogen-bond acceptors (Lipinski definition) is 3. The zero-order chi connectivity index (χ0) is 56.9. The van der Waals surface area contributed by atoms with Crippen LogP contribution in [0.15, 0.2) is 90.1 Å². The van der Waals surface area contributed by atoms with E-state index < -0.39 is 0 Å². The molecule has 2 nitrogen and oxygen atoms in total. The largest absolute Gasteiger partial charge is 0.334 e. The quantitative estimate of drug-likeness (QED) is 0.162. The first-order chi connectivity index (χ1) is 38.1. The summed E-state index contributed by atoms with van der Waals surface area (Å²) in [6.45, 7) is 40.9. The molecular formula is C77H97BN2S. The maximum atomic E-state index is 3.03. The molecule has 424 valence electrons. The number of benzene rings is 4. The Morgan fingerprint density at radius 3 is 1.67 bits per heavy atom. The van der Waals surface area contributed by atoms with Crippen molar-refractivity contribution in [2.75, 3.05) is 9.80 Å². The Labute approximate surface area is 494 Å². The Hall–Kier alpha value is -4.54. The predicted molar refractivity (Wildman–Crippen MR) is 354 cm³/mol. The fraction of sp³-hybridized carbons (Fsp3) is 0.558. The number of anilines is 5. The number of rotatable bonds is 4. The van der Waals surface area contributed by atoms with Gasteiger partial charge in [0.25, 0.3) is 6.71 Å². The molecule has 9 aliphatic rings. The normalized spacial score (nSPS) is 25.7. The molecule has 3 heterocycles. The van der Waals surface area contributed by atoms with Gasteiger partial charge in [-0.3, -0.25) is 0 Å². The van der Waals surface area contributed by atoms with E-state index in [0.29, 0.717) is 5.92 Å². The number of hydrogen-bond donors (Lipinski definition) is 0. The lowest BCUT2D eigenvalue weighted by Crippen LogP contribution is -2.62. The summed E-state index contributed by atoms with van der Waals surface area (Å²) in [6, 6.07) is 22.5. The van der Waals surface area contributed by atoms with Crippen LogP contribution in [0.5, 0.6) is 0 Å². The third-order valence-electron chi connectivity index (χ3n) is 24.1. The third-order valence-corrected chi connectivity index (χ3v) is 25.3. The number of nitrogens with zero attached hydrogens (tertiary/aromatic N) is 2. The number of thiophene rings is 1. The third kappa shape index (κ3) is 8.30. The van der Waals surface area contributed by atoms with E-state index in [-0.39, 0.29) is 56.1 Å². The second kappa shape index (κ2) is 18.0. The van der Waals surface area contributed by atoms with Crippen LogP contribution in [0.25, 0.3) is 15.7 Å². The van der Waals surface area contributed by atoms with E-state index in [1.807, 2.05) is 0 Å². The van der Waals surface area contributed by atoms with Crippen molar-refractivity contribution in [3.05, 3.63) is 135 Å². The van der Waals surface area contributed by atoms with E-state index in [1.54, 1.807) is 60.3 Å². The van der Waals surface area contributed by atoms with Crippen LogP contribution in [0.1, 0.15) is 270 Å². The van der Waals surface area contributed by atoms with Gasteiger partial charge in [-0.1, -0.05) is 172 Å². The van der Waals surface area contributed by atoms with Crippen molar-refractivity contribution in [2.45, 2.75) is 264 Å². The van der Waals surface area contributed by atoms with Crippen LogP contribution in [-0.2, 0) is 32.5 Å². The van der Waals surface area contributed by atoms with Gasteiger partial charge in [0.15, 0.2) is 0 Å². The fourth-order valence-corrected chi connectivity index (χ4v) is 19.4. The average molecular weight is 1090 g/mol. The molecule has 1 atom stereocenters. The molecule has 4 aromatic carbocycles. The molecule has 14 rings (SSSR count). The van der Waals surface area contributed by atoms with Crippen LogP contribution >= 0.6 is 11.3 Å². The van der Waals surface area contributed by atoms with E-state index in [1.165, 1.54) is 139 Å². The first kappa shape index (κ1) is 54.4. The second-order valence-corrected chi connectivity index (χ2v) is 34.2. The van der Waals surface area contributed by atoms with Gasteiger partial charge in [-0.05, 0) is 243 Å². The van der Waals surface area contributed by atoms with Gasteiger partial charge in [0.1, 0.15) is 0 Å². The molecule has 81 heavy (non-hydrogen) atoms. The first-order valence-corrected chi connectivity index (χ1v) is 33.5. The lowest BCUT2D eigenvalue weighted by molar-refractivity contribution is 0.260. The highest BCUT2D eigenvalue weighted by Gasteiger charge is 2.51. The zero-order valence-corrected chi connectivity index (χ0v) is 53.9. The van der Waals surface area contributed by atoms with Gasteiger partial charge in [0.05, 0.1) is 17.4 Å². The lowest BCUT2D eigenvalue weighted by atomic mass is 9.35. The Morgan fingerprint density at radius 1 is 0.506 bits per heavy atom. The highest BCUT2D eigenvalue weighted by molar-refractivity contribution is 7.33. The topological polar surface area (TPSA) is 6.48 Å². The SMILES string of the molecule is CC1(C)CCC(C)(C)C2=C1C=CC(N1c3cc(C4CCCCC4)cc4c3B(c3cc5c(cc3N4c3cc4c(cc3C3=CC=CCC3)C(C)(C)CCC4(C)C)C(C)(C)CCC5(C)C)c3sc4cc5c(cc4c31)C(C)(C)CCC5(C)C)CC2. The fourth-order valence-electron chi connectivity index (χ4n) is 18.1. The lowest BCUT2D eigenvalue weighted by Gasteiger charge is -2.49. The molecule has 0 radical (unpaired) electrons. The minimum Gasteiger partial charge on any atom is -0.334 e. The maximum absolute atomic E-state index is 3.03. The Bertz CT molecular complexity index is 3620. The van der Waals surface area contributed by atoms with E-state index >= 15 is 0 Å². The molecule has 0 amide bonds. The Balaban J connectivity index is 1.13. The van der Waals surface area contributed by atoms with E-state index in [4.69, 9.17) is 0 Å². The van der Waals surface area contributed by atoms with Crippen molar-refractivity contribution in [2.24, 2.45) is 10.8 Å². The van der Waals surface area contributed by atoms with Gasteiger partial charge in [0, 0.05) is 37.5 Å². The zero-order valence-electron chi connectivity index (χ0n) is 53.1. The van der Waals surface area contributed by atoms with Crippen molar-refractivity contribution in [1.29, 1.82) is 0 Å². The smallest absolute Gasteiger partial charge is 0.264 e. The molecule has 5 aromatic rings. The van der Waals surface area contributed by atoms with Gasteiger partial charge in [-0.15, -0.1) is 11.3 Å². The standard InChI is InChI=1S/C77H97BN2S/c1-70(2)31-32-71(3,4)54-30-28-50(27-29-53(54)70)79-64-39-49(47-23-19-17-20-24-47)40-65-67(64)78(69-68(79)52-42-56-60(46-66(52)81-69)77(15,16)38-34-73(56,7)8)61-43-57-59(76(13,14)37-35-74(57,9)10)45-63(61)80(65)62-44-58-55(72(5,6)33-36-75(58,11)12)41-51(62)48-25-21-18-22-26-48/h18,21,25,27,29,39-47,50H,17,19-20,22-24,26,28,30-38H2,1-16H3. The van der Waals surface area contributed by atoms with Crippen LogP contribution in [0, 0.1) is 10.8 Å².